The molecule has 1 saturated heterocycles. The smallest absolute Gasteiger partial charge is 0.0592 e. The third-order valence-corrected chi connectivity index (χ3v) is 3.17. The number of hydrogen-bond donors (Lipinski definition) is 1. The molecule has 0 bridgehead atoms. The second-order valence-corrected chi connectivity index (χ2v) is 4.67. The zero-order valence-corrected chi connectivity index (χ0v) is 9.54. The maximum absolute atomic E-state index is 9.99. The van der Waals surface area contributed by atoms with E-state index in [2.05, 4.69) is 13.8 Å². The summed E-state index contributed by atoms with van der Waals surface area (Å²) in [6, 6.07) is 0. The van der Waals surface area contributed by atoms with Crippen molar-refractivity contribution < 1.29 is 9.84 Å². The van der Waals surface area contributed by atoms with E-state index in [1.807, 2.05) is 0 Å². The molecule has 14 heavy (non-hydrogen) atoms. The van der Waals surface area contributed by atoms with Crippen molar-refractivity contribution in [3.8, 4) is 0 Å². The van der Waals surface area contributed by atoms with E-state index in [4.69, 9.17) is 4.74 Å². The number of hydrogen-bond acceptors (Lipinski definition) is 2. The van der Waals surface area contributed by atoms with Crippen LogP contribution in [0.1, 0.15) is 46.0 Å². The van der Waals surface area contributed by atoms with Crippen LogP contribution in [0.2, 0.25) is 0 Å². The van der Waals surface area contributed by atoms with Gasteiger partial charge in [-0.05, 0) is 25.2 Å². The summed E-state index contributed by atoms with van der Waals surface area (Å²) in [5.41, 5.74) is 0. The van der Waals surface area contributed by atoms with Gasteiger partial charge in [0.25, 0.3) is 0 Å². The molecule has 1 N–H and O–H groups in total. The molecular weight excluding hydrogens is 176 g/mol. The van der Waals surface area contributed by atoms with E-state index in [9.17, 15) is 5.11 Å². The number of ether oxygens (including phenoxy) is 1. The minimum Gasteiger partial charge on any atom is -0.393 e. The molecule has 0 aromatic rings. The molecule has 2 nitrogen and oxygen atoms in total. The van der Waals surface area contributed by atoms with E-state index in [0.717, 1.165) is 32.5 Å². The maximum atomic E-state index is 9.99. The lowest BCUT2D eigenvalue weighted by molar-refractivity contribution is -0.0172. The lowest BCUT2D eigenvalue weighted by Crippen LogP contribution is -2.30. The highest BCUT2D eigenvalue weighted by Gasteiger charge is 2.23. The molecule has 0 saturated carbocycles. The summed E-state index contributed by atoms with van der Waals surface area (Å²) in [6.07, 6.45) is 5.50. The second-order valence-electron chi connectivity index (χ2n) is 4.67. The fraction of sp³-hybridized carbons (Fsp3) is 1.00. The third kappa shape index (κ3) is 3.97. The van der Waals surface area contributed by atoms with Crippen molar-refractivity contribution in [1.82, 2.24) is 0 Å². The van der Waals surface area contributed by atoms with Gasteiger partial charge in [0.1, 0.15) is 0 Å². The van der Waals surface area contributed by atoms with Crippen LogP contribution in [0, 0.1) is 11.8 Å². The Kier molecular flexibility index (Phi) is 5.49. The number of rotatable bonds is 5. The lowest BCUT2D eigenvalue weighted by Gasteiger charge is -2.28. The summed E-state index contributed by atoms with van der Waals surface area (Å²) < 4.78 is 5.38. The molecule has 0 aromatic carbocycles. The average molecular weight is 200 g/mol. The minimum atomic E-state index is -0.142. The normalized spacial score (nSPS) is 27.2. The topological polar surface area (TPSA) is 29.5 Å². The first-order valence-electron chi connectivity index (χ1n) is 5.99. The SMILES string of the molecule is CCCC(C)CC(O)C1CCCOC1. The summed E-state index contributed by atoms with van der Waals surface area (Å²) in [6.45, 7) is 6.08. The van der Waals surface area contributed by atoms with E-state index < -0.39 is 0 Å². The van der Waals surface area contributed by atoms with Crippen LogP contribution in [0.3, 0.4) is 0 Å². The van der Waals surface area contributed by atoms with Gasteiger partial charge in [-0.1, -0.05) is 26.7 Å². The van der Waals surface area contributed by atoms with E-state index in [0.29, 0.717) is 11.8 Å². The molecule has 0 radical (unpaired) electrons. The van der Waals surface area contributed by atoms with Gasteiger partial charge in [-0.3, -0.25) is 0 Å². The van der Waals surface area contributed by atoms with Crippen LogP contribution in [0.5, 0.6) is 0 Å². The fourth-order valence-electron chi connectivity index (χ4n) is 2.28. The Hall–Kier alpha value is -0.0800. The number of aliphatic hydroxyl groups excluding tert-OH is 1. The van der Waals surface area contributed by atoms with Crippen LogP contribution >= 0.6 is 0 Å². The summed E-state index contributed by atoms with van der Waals surface area (Å²) in [4.78, 5) is 0. The van der Waals surface area contributed by atoms with Crippen molar-refractivity contribution in [2.45, 2.75) is 52.1 Å². The predicted octanol–water partition coefficient (Wildman–Crippen LogP) is 2.60. The van der Waals surface area contributed by atoms with Gasteiger partial charge >= 0.3 is 0 Å². The first-order valence-corrected chi connectivity index (χ1v) is 5.99. The summed E-state index contributed by atoms with van der Waals surface area (Å²) >= 11 is 0. The third-order valence-electron chi connectivity index (χ3n) is 3.17. The van der Waals surface area contributed by atoms with E-state index in [1.165, 1.54) is 12.8 Å². The van der Waals surface area contributed by atoms with Gasteiger partial charge in [0.2, 0.25) is 0 Å². The Balaban J connectivity index is 2.21. The molecule has 0 amide bonds. The van der Waals surface area contributed by atoms with Crippen LogP contribution in [-0.2, 0) is 4.74 Å². The summed E-state index contributed by atoms with van der Waals surface area (Å²) in [5, 5.41) is 9.99. The predicted molar refractivity (Wildman–Crippen MR) is 58.2 cm³/mol. The quantitative estimate of drug-likeness (QED) is 0.739. The lowest BCUT2D eigenvalue weighted by atomic mass is 9.88. The number of aliphatic hydroxyl groups is 1. The van der Waals surface area contributed by atoms with Gasteiger partial charge in [-0.15, -0.1) is 0 Å². The monoisotopic (exact) mass is 200 g/mol. The standard InChI is InChI=1S/C12H24O2/c1-3-5-10(2)8-12(13)11-6-4-7-14-9-11/h10-13H,3-9H2,1-2H3. The van der Waals surface area contributed by atoms with Gasteiger partial charge < -0.3 is 9.84 Å². The highest BCUT2D eigenvalue weighted by atomic mass is 16.5. The van der Waals surface area contributed by atoms with Crippen molar-refractivity contribution in [1.29, 1.82) is 0 Å². The van der Waals surface area contributed by atoms with Crippen molar-refractivity contribution in [2.75, 3.05) is 13.2 Å². The molecule has 1 aliphatic heterocycles. The molecule has 0 aliphatic carbocycles. The van der Waals surface area contributed by atoms with Gasteiger partial charge in [-0.2, -0.15) is 0 Å². The molecule has 1 heterocycles. The molecule has 0 spiro atoms. The molecular formula is C12H24O2. The molecule has 84 valence electrons. The average Bonchev–Trinajstić information content (AvgIpc) is 2.19. The van der Waals surface area contributed by atoms with Gasteiger partial charge in [0.15, 0.2) is 0 Å². The van der Waals surface area contributed by atoms with Gasteiger partial charge in [0, 0.05) is 12.5 Å². The molecule has 0 aromatic heterocycles. The highest BCUT2D eigenvalue weighted by molar-refractivity contribution is 4.73. The molecule has 3 unspecified atom stereocenters. The van der Waals surface area contributed by atoms with Crippen LogP contribution in [0.4, 0.5) is 0 Å². The fourth-order valence-corrected chi connectivity index (χ4v) is 2.28. The largest absolute Gasteiger partial charge is 0.393 e. The first kappa shape index (κ1) is 12.0. The van der Waals surface area contributed by atoms with Crippen LogP contribution < -0.4 is 0 Å². The van der Waals surface area contributed by atoms with Crippen LogP contribution in [0.15, 0.2) is 0 Å². The molecule has 1 fully saturated rings. The van der Waals surface area contributed by atoms with E-state index in [1.54, 1.807) is 0 Å². The zero-order valence-electron chi connectivity index (χ0n) is 9.54. The Bertz CT molecular complexity index is 141. The van der Waals surface area contributed by atoms with E-state index >= 15 is 0 Å². The van der Waals surface area contributed by atoms with Crippen molar-refractivity contribution in [3.05, 3.63) is 0 Å². The van der Waals surface area contributed by atoms with Crippen molar-refractivity contribution in [2.24, 2.45) is 11.8 Å². The minimum absolute atomic E-state index is 0.142. The molecule has 2 heteroatoms. The Labute approximate surface area is 87.7 Å². The van der Waals surface area contributed by atoms with Crippen LogP contribution in [-0.4, -0.2) is 24.4 Å². The van der Waals surface area contributed by atoms with E-state index in [-0.39, 0.29) is 6.10 Å². The van der Waals surface area contributed by atoms with Crippen molar-refractivity contribution >= 4 is 0 Å². The maximum Gasteiger partial charge on any atom is 0.0592 e. The molecule has 1 rings (SSSR count). The molecule has 1 aliphatic rings. The van der Waals surface area contributed by atoms with Gasteiger partial charge in [0.05, 0.1) is 12.7 Å². The van der Waals surface area contributed by atoms with Crippen LogP contribution in [0.25, 0.3) is 0 Å². The summed E-state index contributed by atoms with van der Waals surface area (Å²) in [5.74, 6) is 1.04. The highest BCUT2D eigenvalue weighted by Crippen LogP contribution is 2.23. The Morgan fingerprint density at radius 1 is 1.50 bits per heavy atom. The Morgan fingerprint density at radius 3 is 2.86 bits per heavy atom. The van der Waals surface area contributed by atoms with Gasteiger partial charge in [-0.25, -0.2) is 0 Å². The summed E-state index contributed by atoms with van der Waals surface area (Å²) in [7, 11) is 0. The van der Waals surface area contributed by atoms with Crippen molar-refractivity contribution in [3.63, 3.8) is 0 Å². The first-order chi connectivity index (χ1) is 6.74. The Morgan fingerprint density at radius 2 is 2.29 bits per heavy atom. The zero-order chi connectivity index (χ0) is 10.4. The molecule has 3 atom stereocenters. The second kappa shape index (κ2) is 6.41.